The first kappa shape index (κ1) is 42.1. The van der Waals surface area contributed by atoms with E-state index in [0.29, 0.717) is 30.6 Å². The predicted octanol–water partition coefficient (Wildman–Crippen LogP) is 5.75. The predicted molar refractivity (Wildman–Crippen MR) is 168 cm³/mol. The fraction of sp³-hybridized carbons (Fsp3) is 0.594. The lowest BCUT2D eigenvalue weighted by Gasteiger charge is -2.22. The van der Waals surface area contributed by atoms with E-state index < -0.39 is 30.6 Å². The van der Waals surface area contributed by atoms with Crippen LogP contribution in [0.15, 0.2) is 18.6 Å². The number of nitrogens with one attached hydrogen (secondary N) is 2. The normalized spacial score (nSPS) is 15.2. The van der Waals surface area contributed by atoms with Gasteiger partial charge in [-0.25, -0.2) is 0 Å². The van der Waals surface area contributed by atoms with Gasteiger partial charge in [0.2, 0.25) is 12.3 Å². The van der Waals surface area contributed by atoms with Crippen LogP contribution in [0.4, 0.5) is 13.2 Å². The zero-order valence-electron chi connectivity index (χ0n) is 27.9. The molecule has 1 fully saturated rings. The largest absolute Gasteiger partial charge is 0.471 e. The number of terminal acetylenes is 1. The summed E-state index contributed by atoms with van der Waals surface area (Å²) in [7, 11) is 1.85. The molecule has 2 aromatic rings. The molecular weight excluding hydrogens is 573 g/mol. The fourth-order valence-electron chi connectivity index (χ4n) is 3.79. The van der Waals surface area contributed by atoms with E-state index in [1.807, 2.05) is 66.2 Å². The summed E-state index contributed by atoms with van der Waals surface area (Å²) in [5.41, 5.74) is 2.06. The van der Waals surface area contributed by atoms with Gasteiger partial charge in [0, 0.05) is 43.5 Å². The Morgan fingerprint density at radius 3 is 2.16 bits per heavy atom. The minimum Gasteiger partial charge on any atom is -0.348 e. The minimum absolute atomic E-state index is 0.0519. The molecule has 0 radical (unpaired) electrons. The molecule has 3 amide bonds. The Bertz CT molecular complexity index is 1270. The van der Waals surface area contributed by atoms with Gasteiger partial charge in [0.15, 0.2) is 0 Å². The van der Waals surface area contributed by atoms with Crippen LogP contribution < -0.4 is 10.6 Å². The smallest absolute Gasteiger partial charge is 0.348 e. The highest BCUT2D eigenvalue weighted by molar-refractivity contribution is 5.90. The van der Waals surface area contributed by atoms with Crippen LogP contribution in [-0.2, 0) is 21.4 Å². The Morgan fingerprint density at radius 2 is 1.75 bits per heavy atom. The van der Waals surface area contributed by atoms with Crippen LogP contribution in [-0.4, -0.2) is 58.5 Å². The Balaban J connectivity index is 0. The highest BCUT2D eigenvalue weighted by Crippen LogP contribution is 2.34. The monoisotopic (exact) mass is 622 g/mol. The van der Waals surface area contributed by atoms with Gasteiger partial charge in [-0.1, -0.05) is 75.2 Å². The molecule has 2 atom stereocenters. The van der Waals surface area contributed by atoms with Crippen LogP contribution in [0, 0.1) is 40.9 Å². The number of amides is 3. The summed E-state index contributed by atoms with van der Waals surface area (Å²) in [5.74, 6) is 1.13. The van der Waals surface area contributed by atoms with E-state index in [1.54, 1.807) is 23.9 Å². The van der Waals surface area contributed by atoms with Crippen molar-refractivity contribution in [3.8, 4) is 18.4 Å². The van der Waals surface area contributed by atoms with E-state index in [-0.39, 0.29) is 11.3 Å². The van der Waals surface area contributed by atoms with Gasteiger partial charge in [0.25, 0.3) is 0 Å². The maximum Gasteiger partial charge on any atom is 0.471 e. The second kappa shape index (κ2) is 20.0. The van der Waals surface area contributed by atoms with Crippen LogP contribution in [0.3, 0.4) is 0 Å². The number of alkyl halides is 3. The van der Waals surface area contributed by atoms with Crippen LogP contribution >= 0.6 is 0 Å². The summed E-state index contributed by atoms with van der Waals surface area (Å²) in [5, 5.41) is 13.9. The second-order valence-electron chi connectivity index (χ2n) is 10.8. The van der Waals surface area contributed by atoms with Crippen LogP contribution in [0.2, 0.25) is 0 Å². The molecule has 2 N–H and O–H groups in total. The van der Waals surface area contributed by atoms with Gasteiger partial charge in [-0.15, -0.1) is 6.42 Å². The molecule has 0 spiro atoms. The topological polar surface area (TPSA) is 120 Å². The number of fused-ring (bicyclic) bond motifs is 1. The van der Waals surface area contributed by atoms with Crippen LogP contribution in [0.1, 0.15) is 86.4 Å². The van der Waals surface area contributed by atoms with E-state index in [9.17, 15) is 27.6 Å². The Morgan fingerprint density at radius 1 is 1.20 bits per heavy atom. The van der Waals surface area contributed by atoms with Crippen LogP contribution in [0.25, 0.3) is 10.9 Å². The average Bonchev–Trinajstić information content (AvgIpc) is 3.45. The highest BCUT2D eigenvalue weighted by atomic mass is 19.4. The van der Waals surface area contributed by atoms with Gasteiger partial charge in [0.05, 0.1) is 29.9 Å². The van der Waals surface area contributed by atoms with E-state index in [0.717, 1.165) is 16.8 Å². The number of likely N-dealkylation sites (tertiary alicyclic amines) is 1. The number of nitriles is 1. The number of halogens is 3. The third kappa shape index (κ3) is 13.1. The molecule has 2 aromatic heterocycles. The number of aryl methyl sites for hydroxylation is 1. The van der Waals surface area contributed by atoms with Crippen molar-refractivity contribution in [2.24, 2.45) is 24.3 Å². The molecule has 12 heteroatoms. The number of hydrogen-bond donors (Lipinski definition) is 2. The number of aromatic nitrogens is 2. The van der Waals surface area contributed by atoms with Gasteiger partial charge >= 0.3 is 12.1 Å². The molecule has 2 unspecified atom stereocenters. The first-order valence-electron chi connectivity index (χ1n) is 14.6. The number of carbonyl (C=O) groups is 3. The van der Waals surface area contributed by atoms with Crippen molar-refractivity contribution in [1.29, 1.82) is 5.26 Å². The van der Waals surface area contributed by atoms with Crippen LogP contribution in [0.5, 0.6) is 0 Å². The maximum absolute atomic E-state index is 11.9. The SMILES string of the molecule is C#Cc1cn(C)c2cncc(C(C#N)NC=O)c12.CC.CC.CC(C)C.CC1CN(C(=O)CNC(=O)C(F)(F)F)CC1(C)C. The molecule has 0 bridgehead atoms. The fourth-order valence-corrected chi connectivity index (χ4v) is 3.79. The van der Waals surface area contributed by atoms with E-state index in [2.05, 4.69) is 37.0 Å². The zero-order valence-corrected chi connectivity index (χ0v) is 27.9. The number of hydrogen-bond acceptors (Lipinski definition) is 5. The maximum atomic E-state index is 11.9. The molecule has 0 aromatic carbocycles. The number of pyridine rings is 1. The Hall–Kier alpha value is -4.06. The molecule has 0 saturated carbocycles. The average molecular weight is 623 g/mol. The van der Waals surface area contributed by atoms with Gasteiger partial charge in [0.1, 0.15) is 6.04 Å². The van der Waals surface area contributed by atoms with Crippen molar-refractivity contribution in [3.63, 3.8) is 0 Å². The lowest BCUT2D eigenvalue weighted by Crippen LogP contribution is -2.44. The molecule has 0 aliphatic carbocycles. The molecule has 246 valence electrons. The number of nitrogens with zero attached hydrogens (tertiary/aromatic N) is 4. The molecular formula is C32H49F3N6O3. The van der Waals surface area contributed by atoms with Gasteiger partial charge in [-0.05, 0) is 17.3 Å². The summed E-state index contributed by atoms with van der Waals surface area (Å²) in [4.78, 5) is 38.3. The lowest BCUT2D eigenvalue weighted by molar-refractivity contribution is -0.174. The Kier molecular flexibility index (Phi) is 19.1. The number of rotatable bonds is 5. The van der Waals surface area contributed by atoms with E-state index in [1.165, 1.54) is 4.90 Å². The second-order valence-corrected chi connectivity index (χ2v) is 10.8. The molecule has 44 heavy (non-hydrogen) atoms. The molecule has 9 nitrogen and oxygen atoms in total. The van der Waals surface area contributed by atoms with Crippen molar-refractivity contribution in [3.05, 3.63) is 29.7 Å². The standard InChI is InChI=1S/C13H10N4O.C11H17F3N2O2.C4H10.2C2H6/c1-3-9-7-17(2)12-6-15-5-10(13(9)12)11(4-14)16-8-18;1-7-5-16(6-10(7,2)3)8(17)4-15-9(18)11(12,13)14;1-4(2)3;2*1-2/h1,5-8,11H,2H3,(H,16,18);7H,4-6H2,1-3H3,(H,15,18);4H,1-3H3;2*1-2H3. The first-order valence-corrected chi connectivity index (χ1v) is 14.6. The van der Waals surface area contributed by atoms with Gasteiger partial charge < -0.3 is 20.1 Å². The summed E-state index contributed by atoms with van der Waals surface area (Å²) < 4.78 is 37.6. The summed E-state index contributed by atoms with van der Waals surface area (Å²) in [6, 6.07) is 1.26. The molecule has 1 saturated heterocycles. The molecule has 3 heterocycles. The first-order chi connectivity index (χ1) is 20.5. The Labute approximate surface area is 260 Å². The summed E-state index contributed by atoms with van der Waals surface area (Å²) >= 11 is 0. The minimum atomic E-state index is -4.95. The third-order valence-electron chi connectivity index (χ3n) is 6.19. The zero-order chi connectivity index (χ0) is 34.8. The lowest BCUT2D eigenvalue weighted by atomic mass is 9.84. The third-order valence-corrected chi connectivity index (χ3v) is 6.19. The number of carbonyl (C=O) groups excluding carboxylic acids is 3. The van der Waals surface area contributed by atoms with Crippen molar-refractivity contribution >= 4 is 29.1 Å². The van der Waals surface area contributed by atoms with Crippen molar-refractivity contribution in [2.75, 3.05) is 19.6 Å². The highest BCUT2D eigenvalue weighted by Gasteiger charge is 2.41. The van der Waals surface area contributed by atoms with Crippen molar-refractivity contribution < 1.29 is 27.6 Å². The van der Waals surface area contributed by atoms with E-state index in [4.69, 9.17) is 11.7 Å². The molecule has 3 rings (SSSR count). The van der Waals surface area contributed by atoms with E-state index >= 15 is 0 Å². The van der Waals surface area contributed by atoms with Crippen molar-refractivity contribution in [2.45, 2.75) is 81.5 Å². The molecule has 1 aliphatic heterocycles. The quantitative estimate of drug-likeness (QED) is 0.325. The summed E-state index contributed by atoms with van der Waals surface area (Å²) in [6.45, 7) is 20.9. The summed E-state index contributed by atoms with van der Waals surface area (Å²) in [6.07, 6.45) is 6.02. The van der Waals surface area contributed by atoms with Gasteiger partial charge in [-0.3, -0.25) is 19.4 Å². The molecule has 1 aliphatic rings. The van der Waals surface area contributed by atoms with Crippen molar-refractivity contribution in [1.82, 2.24) is 25.1 Å². The van der Waals surface area contributed by atoms with Gasteiger partial charge in [-0.2, -0.15) is 18.4 Å².